The van der Waals surface area contributed by atoms with E-state index in [2.05, 4.69) is 123 Å². The van der Waals surface area contributed by atoms with Crippen molar-refractivity contribution >= 4 is 0 Å². The van der Waals surface area contributed by atoms with Gasteiger partial charge in [-0.25, -0.2) is 4.57 Å². The third kappa shape index (κ3) is 8.76. The average molecular weight is 415 g/mol. The van der Waals surface area contributed by atoms with Crippen LogP contribution in [0.15, 0.2) is 48.3 Å². The lowest BCUT2D eigenvalue weighted by atomic mass is 9.87. The van der Waals surface area contributed by atoms with Crippen molar-refractivity contribution in [2.45, 2.75) is 112 Å². The third-order valence-electron chi connectivity index (χ3n) is 5.89. The second kappa shape index (κ2) is 10.3. The van der Waals surface area contributed by atoms with Crippen LogP contribution in [0.5, 0.6) is 0 Å². The van der Waals surface area contributed by atoms with Crippen molar-refractivity contribution < 1.29 is 9.30 Å². The van der Waals surface area contributed by atoms with E-state index in [1.165, 1.54) is 11.1 Å². The summed E-state index contributed by atoms with van der Waals surface area (Å²) in [6, 6.07) is 4.49. The highest BCUT2D eigenvalue weighted by Crippen LogP contribution is 2.27. The van der Waals surface area contributed by atoms with Crippen LogP contribution in [0.25, 0.3) is 0 Å². The van der Waals surface area contributed by atoms with E-state index < -0.39 is 0 Å². The van der Waals surface area contributed by atoms with Crippen molar-refractivity contribution in [3.63, 3.8) is 0 Å². The molecule has 0 aliphatic carbocycles. The minimum atomic E-state index is -0.235. The van der Waals surface area contributed by atoms with Crippen LogP contribution in [0.4, 0.5) is 0 Å². The molecule has 0 atom stereocenters. The van der Waals surface area contributed by atoms with Gasteiger partial charge in [-0.3, -0.25) is 0 Å². The Morgan fingerprint density at radius 3 is 1.97 bits per heavy atom. The molecule has 0 unspecified atom stereocenters. The zero-order chi connectivity index (χ0) is 23.2. The Bertz CT molecular complexity index is 706. The van der Waals surface area contributed by atoms with E-state index in [4.69, 9.17) is 4.74 Å². The van der Waals surface area contributed by atoms with E-state index in [-0.39, 0.29) is 22.0 Å². The van der Waals surface area contributed by atoms with Gasteiger partial charge in [-0.2, -0.15) is 0 Å². The van der Waals surface area contributed by atoms with E-state index in [1.54, 1.807) is 0 Å². The third-order valence-corrected chi connectivity index (χ3v) is 5.89. The first-order valence-electron chi connectivity index (χ1n) is 11.6. The van der Waals surface area contributed by atoms with Crippen LogP contribution in [0.2, 0.25) is 0 Å². The summed E-state index contributed by atoms with van der Waals surface area (Å²) >= 11 is 0. The topological polar surface area (TPSA) is 13.1 Å². The van der Waals surface area contributed by atoms with Crippen molar-refractivity contribution in [1.29, 1.82) is 0 Å². The van der Waals surface area contributed by atoms with Crippen molar-refractivity contribution in [3.05, 3.63) is 53.9 Å². The minimum Gasteiger partial charge on any atom is -0.371 e. The van der Waals surface area contributed by atoms with E-state index in [0.717, 1.165) is 25.9 Å². The molecule has 1 aromatic rings. The molecular weight excluding hydrogens is 366 g/mol. The van der Waals surface area contributed by atoms with E-state index >= 15 is 0 Å². The lowest BCUT2D eigenvalue weighted by Gasteiger charge is -2.30. The molecule has 0 aliphatic rings. The summed E-state index contributed by atoms with van der Waals surface area (Å²) in [5.41, 5.74) is 2.95. The Kier molecular flexibility index (Phi) is 9.11. The maximum absolute atomic E-state index is 6.41. The highest BCUT2D eigenvalue weighted by atomic mass is 16.5. The first-order valence-corrected chi connectivity index (χ1v) is 11.6. The largest absolute Gasteiger partial charge is 0.371 e. The molecular formula is C28H48NO+. The number of aromatic nitrogens is 1. The number of nitrogens with zero attached hydrogens (tertiary/aromatic N) is 1. The van der Waals surface area contributed by atoms with Crippen LogP contribution in [-0.2, 0) is 15.7 Å². The summed E-state index contributed by atoms with van der Waals surface area (Å²) in [6.45, 7) is 25.3. The van der Waals surface area contributed by atoms with Gasteiger partial charge >= 0.3 is 0 Å². The lowest BCUT2D eigenvalue weighted by molar-refractivity contribution is -0.759. The number of pyridine rings is 1. The molecule has 1 aromatic heterocycles. The van der Waals surface area contributed by atoms with Crippen molar-refractivity contribution in [2.24, 2.45) is 5.41 Å². The van der Waals surface area contributed by atoms with Crippen LogP contribution >= 0.6 is 0 Å². The maximum atomic E-state index is 6.41. The molecule has 1 heterocycles. The molecule has 30 heavy (non-hydrogen) atoms. The Morgan fingerprint density at radius 1 is 0.933 bits per heavy atom. The highest BCUT2D eigenvalue weighted by Gasteiger charge is 2.30. The smallest absolute Gasteiger partial charge is 0.169 e. The van der Waals surface area contributed by atoms with Crippen molar-refractivity contribution in [1.82, 2.24) is 0 Å². The molecule has 1 rings (SSSR count). The SMILES string of the molecule is C/C=C(\CC/C=C/C(C)(C)C)C(C)(C)OCCC(C)(C)[n+]1ccc(C(C)(C)C)cc1. The predicted octanol–water partition coefficient (Wildman–Crippen LogP) is 7.52. The summed E-state index contributed by atoms with van der Waals surface area (Å²) in [5, 5.41) is 0. The van der Waals surface area contributed by atoms with Crippen LogP contribution in [0.3, 0.4) is 0 Å². The molecule has 2 nitrogen and oxygen atoms in total. The van der Waals surface area contributed by atoms with Gasteiger partial charge in [0.2, 0.25) is 0 Å². The molecule has 0 saturated carbocycles. The fourth-order valence-corrected chi connectivity index (χ4v) is 3.58. The number of hydrogen-bond acceptors (Lipinski definition) is 1. The monoisotopic (exact) mass is 414 g/mol. The van der Waals surface area contributed by atoms with Gasteiger partial charge in [0.15, 0.2) is 17.9 Å². The van der Waals surface area contributed by atoms with Gasteiger partial charge in [-0.05, 0) is 55.6 Å². The van der Waals surface area contributed by atoms with Crippen LogP contribution in [-0.4, -0.2) is 12.2 Å². The summed E-state index contributed by atoms with van der Waals surface area (Å²) in [5.74, 6) is 0. The van der Waals surface area contributed by atoms with Crippen LogP contribution in [0.1, 0.15) is 101 Å². The van der Waals surface area contributed by atoms with Gasteiger partial charge in [-0.1, -0.05) is 59.8 Å². The molecule has 0 aliphatic heterocycles. The highest BCUT2D eigenvalue weighted by molar-refractivity contribution is 5.17. The second-order valence-corrected chi connectivity index (χ2v) is 11.8. The molecule has 0 N–H and O–H groups in total. The molecule has 0 spiro atoms. The molecule has 0 bridgehead atoms. The first-order chi connectivity index (χ1) is 13.6. The van der Waals surface area contributed by atoms with Gasteiger partial charge in [0.1, 0.15) is 0 Å². The summed E-state index contributed by atoms with van der Waals surface area (Å²) in [4.78, 5) is 0. The van der Waals surface area contributed by atoms with Crippen molar-refractivity contribution in [2.75, 3.05) is 6.61 Å². The molecule has 0 radical (unpaired) electrons. The van der Waals surface area contributed by atoms with Gasteiger partial charge in [0.25, 0.3) is 0 Å². The average Bonchev–Trinajstić information content (AvgIpc) is 2.59. The first kappa shape index (κ1) is 26.6. The fraction of sp³-hybridized carbons (Fsp3) is 0.679. The van der Waals surface area contributed by atoms with Crippen LogP contribution in [0, 0.1) is 5.41 Å². The lowest BCUT2D eigenvalue weighted by Crippen LogP contribution is -2.52. The van der Waals surface area contributed by atoms with Gasteiger partial charge in [0, 0.05) is 32.4 Å². The number of rotatable bonds is 9. The summed E-state index contributed by atoms with van der Waals surface area (Å²) in [7, 11) is 0. The molecule has 0 amide bonds. The standard InChI is InChI=1S/C28H48NO/c1-12-23(15-13-14-18-25(2,3)4)28(10,11)30-22-19-27(8,9)29-20-16-24(17-21-29)26(5,6)7/h12,14,16-18,20-21H,13,15,19,22H2,1-11H3/q+1/b18-14+,23-12+. The predicted molar refractivity (Wildman–Crippen MR) is 131 cm³/mol. The quantitative estimate of drug-likeness (QED) is 0.301. The Balaban J connectivity index is 2.67. The van der Waals surface area contributed by atoms with E-state index in [0.29, 0.717) is 0 Å². The Morgan fingerprint density at radius 2 is 1.50 bits per heavy atom. The molecule has 2 heteroatoms. The number of ether oxygens (including phenoxy) is 1. The van der Waals surface area contributed by atoms with Gasteiger partial charge in [-0.15, -0.1) is 0 Å². The van der Waals surface area contributed by atoms with E-state index in [1.807, 2.05) is 0 Å². The number of hydrogen-bond donors (Lipinski definition) is 0. The zero-order valence-electron chi connectivity index (χ0n) is 21.7. The summed E-state index contributed by atoms with van der Waals surface area (Å²) < 4.78 is 8.72. The minimum absolute atomic E-state index is 0.0119. The molecule has 0 aromatic carbocycles. The van der Waals surface area contributed by atoms with Gasteiger partial charge in [0.05, 0.1) is 12.2 Å². The van der Waals surface area contributed by atoms with Crippen LogP contribution < -0.4 is 4.57 Å². The van der Waals surface area contributed by atoms with E-state index in [9.17, 15) is 0 Å². The zero-order valence-corrected chi connectivity index (χ0v) is 21.7. The molecule has 0 saturated heterocycles. The maximum Gasteiger partial charge on any atom is 0.169 e. The molecule has 170 valence electrons. The van der Waals surface area contributed by atoms with Gasteiger partial charge < -0.3 is 4.74 Å². The Labute approximate surface area is 187 Å². The van der Waals surface area contributed by atoms with Crippen molar-refractivity contribution in [3.8, 4) is 0 Å². The fourth-order valence-electron chi connectivity index (χ4n) is 3.58. The normalized spacial score (nSPS) is 14.6. The number of allylic oxidation sites excluding steroid dienone is 3. The second-order valence-electron chi connectivity index (χ2n) is 11.8. The Hall–Kier alpha value is -1.41. The molecule has 0 fully saturated rings. The summed E-state index contributed by atoms with van der Waals surface area (Å²) in [6.07, 6.45) is 14.3.